The molecule has 0 aliphatic rings. The van der Waals surface area contributed by atoms with Crippen LogP contribution in [0.4, 0.5) is 11.9 Å². The van der Waals surface area contributed by atoms with Crippen LogP contribution in [0.1, 0.15) is 40.0 Å². The molecule has 0 unspecified atom stereocenters. The maximum absolute atomic E-state index is 5.09. The Balaban J connectivity index is 2.70. The van der Waals surface area contributed by atoms with Crippen molar-refractivity contribution in [1.29, 1.82) is 0 Å². The number of methoxy groups -OCH3 is 1. The van der Waals surface area contributed by atoms with E-state index in [4.69, 9.17) is 4.74 Å². The second kappa shape index (κ2) is 8.50. The highest BCUT2D eigenvalue weighted by atomic mass is 16.5. The van der Waals surface area contributed by atoms with Gasteiger partial charge in [0.2, 0.25) is 11.9 Å². The molecule has 6 heteroatoms. The van der Waals surface area contributed by atoms with Gasteiger partial charge in [-0.3, -0.25) is 0 Å². The van der Waals surface area contributed by atoms with Crippen LogP contribution >= 0.6 is 0 Å². The van der Waals surface area contributed by atoms with Gasteiger partial charge < -0.3 is 15.4 Å². The molecular formula is C13H25N5O. The van der Waals surface area contributed by atoms with Crippen molar-refractivity contribution >= 4 is 11.9 Å². The monoisotopic (exact) mass is 267 g/mol. The molecule has 6 nitrogen and oxygen atoms in total. The molecule has 0 aliphatic carbocycles. The van der Waals surface area contributed by atoms with Crippen molar-refractivity contribution < 1.29 is 4.74 Å². The van der Waals surface area contributed by atoms with E-state index in [0.29, 0.717) is 23.8 Å². The molecule has 0 fully saturated rings. The van der Waals surface area contributed by atoms with Gasteiger partial charge in [-0.05, 0) is 12.3 Å². The van der Waals surface area contributed by atoms with Crippen molar-refractivity contribution in [3.8, 4) is 6.01 Å². The van der Waals surface area contributed by atoms with Crippen LogP contribution in [0.5, 0.6) is 6.01 Å². The predicted molar refractivity (Wildman–Crippen MR) is 77.7 cm³/mol. The number of nitrogens with one attached hydrogen (secondary N) is 2. The topological polar surface area (TPSA) is 72.0 Å². The van der Waals surface area contributed by atoms with Crippen molar-refractivity contribution in [2.45, 2.75) is 40.0 Å². The number of nitrogens with zero attached hydrogens (tertiary/aromatic N) is 3. The zero-order valence-corrected chi connectivity index (χ0v) is 12.4. The van der Waals surface area contributed by atoms with E-state index in [0.717, 1.165) is 32.4 Å². The van der Waals surface area contributed by atoms with Crippen molar-refractivity contribution in [1.82, 2.24) is 15.0 Å². The lowest BCUT2D eigenvalue weighted by Gasteiger charge is -2.14. The van der Waals surface area contributed by atoms with Gasteiger partial charge in [0.1, 0.15) is 0 Å². The Morgan fingerprint density at radius 1 is 1.00 bits per heavy atom. The summed E-state index contributed by atoms with van der Waals surface area (Å²) >= 11 is 0. The Morgan fingerprint density at radius 3 is 2.16 bits per heavy atom. The van der Waals surface area contributed by atoms with E-state index in [-0.39, 0.29) is 0 Å². The lowest BCUT2D eigenvalue weighted by atomic mass is 10.0. The first-order valence-electron chi connectivity index (χ1n) is 7.01. The van der Waals surface area contributed by atoms with Crippen LogP contribution in [0.2, 0.25) is 0 Å². The van der Waals surface area contributed by atoms with E-state index in [1.807, 2.05) is 0 Å². The largest absolute Gasteiger partial charge is 0.467 e. The van der Waals surface area contributed by atoms with Gasteiger partial charge in [0, 0.05) is 13.1 Å². The third kappa shape index (κ3) is 5.28. The summed E-state index contributed by atoms with van der Waals surface area (Å²) < 4.78 is 5.09. The zero-order chi connectivity index (χ0) is 14.1. The van der Waals surface area contributed by atoms with Gasteiger partial charge in [-0.25, -0.2) is 0 Å². The fourth-order valence-corrected chi connectivity index (χ4v) is 1.66. The molecule has 2 N–H and O–H groups in total. The van der Waals surface area contributed by atoms with Crippen LogP contribution in [0.15, 0.2) is 0 Å². The van der Waals surface area contributed by atoms with Gasteiger partial charge in [-0.15, -0.1) is 0 Å². The molecule has 0 radical (unpaired) electrons. The molecule has 0 aromatic carbocycles. The van der Waals surface area contributed by atoms with Gasteiger partial charge >= 0.3 is 6.01 Å². The van der Waals surface area contributed by atoms with Crippen LogP contribution in [-0.4, -0.2) is 35.2 Å². The van der Waals surface area contributed by atoms with Gasteiger partial charge in [-0.1, -0.05) is 33.6 Å². The second-order valence-corrected chi connectivity index (χ2v) is 4.46. The average Bonchev–Trinajstić information content (AvgIpc) is 2.46. The summed E-state index contributed by atoms with van der Waals surface area (Å²) in [6.45, 7) is 8.18. The molecule has 1 heterocycles. The van der Waals surface area contributed by atoms with Crippen molar-refractivity contribution in [2.75, 3.05) is 30.8 Å². The van der Waals surface area contributed by atoms with Gasteiger partial charge in [0.05, 0.1) is 7.11 Å². The Labute approximate surface area is 115 Å². The molecule has 1 rings (SSSR count). The summed E-state index contributed by atoms with van der Waals surface area (Å²) in [5, 5.41) is 6.40. The Morgan fingerprint density at radius 2 is 1.63 bits per heavy atom. The van der Waals surface area contributed by atoms with Crippen molar-refractivity contribution in [3.63, 3.8) is 0 Å². The normalized spacial score (nSPS) is 10.6. The smallest absolute Gasteiger partial charge is 0.322 e. The standard InChI is InChI=1S/C13H25N5O/c1-5-8-14-11-16-12(18-13(17-11)19-4)15-9-10(6-2)7-3/h10H,5-9H2,1-4H3,(H2,14,15,16,17,18). The minimum absolute atomic E-state index is 0.334. The summed E-state index contributed by atoms with van der Waals surface area (Å²) in [4.78, 5) is 12.7. The molecule has 108 valence electrons. The SMILES string of the molecule is CCCNc1nc(NCC(CC)CC)nc(OC)n1. The number of ether oxygens (including phenoxy) is 1. The van der Waals surface area contributed by atoms with Crippen molar-refractivity contribution in [3.05, 3.63) is 0 Å². The zero-order valence-electron chi connectivity index (χ0n) is 12.4. The molecule has 1 aromatic heterocycles. The van der Waals surface area contributed by atoms with Crippen molar-refractivity contribution in [2.24, 2.45) is 5.92 Å². The summed E-state index contributed by atoms with van der Waals surface area (Å²) in [7, 11) is 1.56. The van der Waals surface area contributed by atoms with E-state index < -0.39 is 0 Å². The Kier molecular flexibility index (Phi) is 6.92. The first kappa shape index (κ1) is 15.5. The number of hydrogen-bond donors (Lipinski definition) is 2. The second-order valence-electron chi connectivity index (χ2n) is 4.46. The third-order valence-corrected chi connectivity index (χ3v) is 3.03. The quantitative estimate of drug-likeness (QED) is 0.716. The molecule has 0 saturated carbocycles. The molecule has 0 bridgehead atoms. The number of aromatic nitrogens is 3. The summed E-state index contributed by atoms with van der Waals surface area (Å²) in [6.07, 6.45) is 3.31. The molecule has 0 saturated heterocycles. The van der Waals surface area contributed by atoms with E-state index in [2.05, 4.69) is 46.4 Å². The summed E-state index contributed by atoms with van der Waals surface area (Å²) in [6, 6.07) is 0.334. The maximum Gasteiger partial charge on any atom is 0.322 e. The van der Waals surface area contributed by atoms with E-state index >= 15 is 0 Å². The van der Waals surface area contributed by atoms with Crippen LogP contribution in [0, 0.1) is 5.92 Å². The van der Waals surface area contributed by atoms with Crippen LogP contribution < -0.4 is 15.4 Å². The highest BCUT2D eigenvalue weighted by molar-refractivity contribution is 5.35. The number of rotatable bonds is 9. The van der Waals surface area contributed by atoms with Gasteiger partial charge in [-0.2, -0.15) is 15.0 Å². The number of anilines is 2. The molecule has 0 aliphatic heterocycles. The molecule has 0 amide bonds. The Hall–Kier alpha value is -1.59. The molecule has 1 aromatic rings. The maximum atomic E-state index is 5.09. The third-order valence-electron chi connectivity index (χ3n) is 3.03. The first-order chi connectivity index (χ1) is 9.23. The van der Waals surface area contributed by atoms with Crippen LogP contribution in [0.25, 0.3) is 0 Å². The van der Waals surface area contributed by atoms with E-state index in [1.54, 1.807) is 7.11 Å². The van der Waals surface area contributed by atoms with Gasteiger partial charge in [0.25, 0.3) is 0 Å². The van der Waals surface area contributed by atoms with Gasteiger partial charge in [0.15, 0.2) is 0 Å². The fraction of sp³-hybridized carbons (Fsp3) is 0.769. The van der Waals surface area contributed by atoms with E-state index in [1.165, 1.54) is 0 Å². The molecular weight excluding hydrogens is 242 g/mol. The highest BCUT2D eigenvalue weighted by Crippen LogP contribution is 2.13. The number of hydrogen-bond acceptors (Lipinski definition) is 6. The predicted octanol–water partition coefficient (Wildman–Crippen LogP) is 2.55. The minimum atomic E-state index is 0.334. The molecule has 0 atom stereocenters. The van der Waals surface area contributed by atoms with Crippen LogP contribution in [0.3, 0.4) is 0 Å². The van der Waals surface area contributed by atoms with E-state index in [9.17, 15) is 0 Å². The Bertz CT molecular complexity index is 368. The minimum Gasteiger partial charge on any atom is -0.467 e. The highest BCUT2D eigenvalue weighted by Gasteiger charge is 2.08. The lowest BCUT2D eigenvalue weighted by Crippen LogP contribution is -2.16. The lowest BCUT2D eigenvalue weighted by molar-refractivity contribution is 0.379. The average molecular weight is 267 g/mol. The first-order valence-corrected chi connectivity index (χ1v) is 7.01. The summed E-state index contributed by atoms with van der Waals surface area (Å²) in [5.74, 6) is 1.76. The fourth-order valence-electron chi connectivity index (χ4n) is 1.66. The molecule has 19 heavy (non-hydrogen) atoms. The molecule has 0 spiro atoms. The summed E-state index contributed by atoms with van der Waals surface area (Å²) in [5.41, 5.74) is 0. The van der Waals surface area contributed by atoms with Crippen LogP contribution in [-0.2, 0) is 0 Å².